The van der Waals surface area contributed by atoms with Gasteiger partial charge in [0.15, 0.2) is 5.78 Å². The minimum absolute atomic E-state index is 0.0783. The van der Waals surface area contributed by atoms with Crippen molar-refractivity contribution in [1.29, 1.82) is 0 Å². The minimum atomic E-state index is -0.977. The Balaban J connectivity index is 2.38. The maximum atomic E-state index is 13.1. The number of ketones is 1. The number of allylic oxidation sites excluding steroid dienone is 1. The van der Waals surface area contributed by atoms with Crippen LogP contribution in [0, 0.1) is 11.8 Å². The lowest BCUT2D eigenvalue weighted by atomic mass is 9.81. The van der Waals surface area contributed by atoms with Crippen molar-refractivity contribution in [2.75, 3.05) is 46.0 Å². The van der Waals surface area contributed by atoms with Crippen LogP contribution in [0.25, 0.3) is 0 Å². The molecular weight excluding hydrogens is 692 g/mol. The first kappa shape index (κ1) is 45.9. The molecule has 16 heteroatoms. The van der Waals surface area contributed by atoms with Gasteiger partial charge in [-0.3, -0.25) is 33.6 Å². The topological polar surface area (TPSA) is 211 Å². The monoisotopic (exact) mass is 750 g/mol. The number of nitrogens with zero attached hydrogens (tertiary/aromatic N) is 2. The molecule has 1 rings (SSSR count). The molecule has 15 nitrogen and oxygen atoms in total. The summed E-state index contributed by atoms with van der Waals surface area (Å²) in [5, 5.41) is 19.6. The zero-order valence-electron chi connectivity index (χ0n) is 31.5. The highest BCUT2D eigenvalue weighted by atomic mass is 32.2. The lowest BCUT2D eigenvalue weighted by Gasteiger charge is -2.31. The average molecular weight is 751 g/mol. The van der Waals surface area contributed by atoms with Crippen LogP contribution in [0.5, 0.6) is 0 Å². The number of carboxylic acid groups (broad SMARTS) is 1. The number of thioether (sulfide) groups is 1. The molecule has 1 aliphatic rings. The van der Waals surface area contributed by atoms with Gasteiger partial charge in [-0.1, -0.05) is 6.58 Å². The second kappa shape index (κ2) is 24.1. The van der Waals surface area contributed by atoms with Crippen LogP contribution in [0.1, 0.15) is 85.5 Å². The summed E-state index contributed by atoms with van der Waals surface area (Å²) in [6, 6.07) is -1.08. The van der Waals surface area contributed by atoms with Gasteiger partial charge in [-0.15, -0.1) is 11.8 Å². The molecule has 3 atom stereocenters. The summed E-state index contributed by atoms with van der Waals surface area (Å²) in [6.45, 7) is 10.6. The largest absolute Gasteiger partial charge is 0.480 e. The molecule has 292 valence electrons. The molecule has 5 amide bonds. The number of carbonyl (C=O) groups is 7. The lowest BCUT2D eigenvalue weighted by molar-refractivity contribution is -0.136. The van der Waals surface area contributed by atoms with Crippen LogP contribution in [0.2, 0.25) is 0 Å². The maximum absolute atomic E-state index is 13.1. The number of nitrogens with one attached hydrogen (secondary N) is 4. The number of carboxylic acids is 1. The molecule has 0 spiro atoms. The number of hydrogen-bond acceptors (Lipinski definition) is 10. The molecule has 1 aliphatic carbocycles. The van der Waals surface area contributed by atoms with Gasteiger partial charge in [0.25, 0.3) is 0 Å². The summed E-state index contributed by atoms with van der Waals surface area (Å²) >= 11 is 1.19. The van der Waals surface area contributed by atoms with Crippen LogP contribution >= 0.6 is 11.8 Å². The van der Waals surface area contributed by atoms with Crippen LogP contribution in [0.15, 0.2) is 17.8 Å². The van der Waals surface area contributed by atoms with Gasteiger partial charge in [0.05, 0.1) is 25.2 Å². The molecule has 0 saturated heterocycles. The number of hydrogen-bond donors (Lipinski definition) is 5. The molecule has 1 saturated carbocycles. The number of aliphatic carboxylic acids is 1. The van der Waals surface area contributed by atoms with Crippen molar-refractivity contribution < 1.29 is 43.5 Å². The van der Waals surface area contributed by atoms with E-state index in [9.17, 15) is 43.5 Å². The lowest BCUT2D eigenvalue weighted by Crippen LogP contribution is -2.46. The Kier molecular flexibility index (Phi) is 21.3. The molecule has 5 N–H and O–H groups in total. The van der Waals surface area contributed by atoms with Crippen LogP contribution in [-0.4, -0.2) is 125 Å². The first-order chi connectivity index (χ1) is 24.5. The van der Waals surface area contributed by atoms with E-state index < -0.39 is 29.1 Å². The van der Waals surface area contributed by atoms with E-state index in [-0.39, 0.29) is 61.4 Å². The SMILES string of the molecule is C=C(CC(SCCC(=O)N(C)[C@@H](C)C(C)=C=O)C(=O)O)NCC1CCC(C(=O)N(C)CCCCC(NC(=O)CNC(=O)CNC(C)=O)C(C)=O)CC1. The summed E-state index contributed by atoms with van der Waals surface area (Å²) in [7, 11) is 3.38. The molecule has 0 radical (unpaired) electrons. The van der Waals surface area contributed by atoms with Gasteiger partial charge >= 0.3 is 5.97 Å². The van der Waals surface area contributed by atoms with E-state index in [0.29, 0.717) is 55.3 Å². The second-order valence-electron chi connectivity index (χ2n) is 13.5. The number of carbonyl (C=O) groups excluding carboxylic acids is 7. The van der Waals surface area contributed by atoms with E-state index >= 15 is 0 Å². The van der Waals surface area contributed by atoms with Gasteiger partial charge in [0, 0.05) is 69.9 Å². The van der Waals surface area contributed by atoms with E-state index in [1.807, 2.05) is 5.94 Å². The van der Waals surface area contributed by atoms with E-state index in [1.165, 1.54) is 30.5 Å². The van der Waals surface area contributed by atoms with Crippen molar-refractivity contribution in [3.05, 3.63) is 17.8 Å². The first-order valence-electron chi connectivity index (χ1n) is 17.8. The van der Waals surface area contributed by atoms with E-state index in [1.54, 1.807) is 32.8 Å². The molecule has 0 aliphatic heterocycles. The Morgan fingerprint density at radius 3 is 2.13 bits per heavy atom. The predicted molar refractivity (Wildman–Crippen MR) is 199 cm³/mol. The number of unbranched alkanes of at least 4 members (excludes halogenated alkanes) is 1. The molecule has 0 aromatic carbocycles. The van der Waals surface area contributed by atoms with Gasteiger partial charge in [0.2, 0.25) is 29.5 Å². The maximum Gasteiger partial charge on any atom is 0.317 e. The Labute approximate surface area is 311 Å². The fourth-order valence-corrected chi connectivity index (χ4v) is 6.70. The Morgan fingerprint density at radius 2 is 1.56 bits per heavy atom. The summed E-state index contributed by atoms with van der Waals surface area (Å²) in [5.41, 5.74) is 1.03. The van der Waals surface area contributed by atoms with E-state index in [2.05, 4.69) is 27.8 Å². The molecule has 0 aromatic heterocycles. The predicted octanol–water partition coefficient (Wildman–Crippen LogP) is 1.44. The molecule has 2 unspecified atom stereocenters. The number of amides is 5. The molecule has 0 aromatic rings. The Hall–Kier alpha value is -4.17. The van der Waals surface area contributed by atoms with Gasteiger partial charge in [-0.2, -0.15) is 0 Å². The number of likely N-dealkylation sites (N-methyl/N-ethyl adjacent to an activating group) is 1. The van der Waals surface area contributed by atoms with Crippen molar-refractivity contribution in [2.45, 2.75) is 103 Å². The van der Waals surface area contributed by atoms with E-state index in [4.69, 9.17) is 0 Å². The van der Waals surface area contributed by atoms with Crippen molar-refractivity contribution in [1.82, 2.24) is 31.1 Å². The molecule has 0 bridgehead atoms. The number of Topliss-reactive ketones (excluding diaryl/α,β-unsaturated/α-hetero) is 1. The van der Waals surface area contributed by atoms with Gasteiger partial charge in [0.1, 0.15) is 11.2 Å². The Morgan fingerprint density at radius 1 is 0.923 bits per heavy atom. The van der Waals surface area contributed by atoms with Crippen LogP contribution in [-0.2, 0) is 38.4 Å². The Bertz CT molecular complexity index is 1330. The van der Waals surface area contributed by atoms with Crippen molar-refractivity contribution in [3.8, 4) is 0 Å². The first-order valence-corrected chi connectivity index (χ1v) is 18.8. The summed E-state index contributed by atoms with van der Waals surface area (Å²) < 4.78 is 0. The standard InChI is InChI=1S/C36H58N6O9S/c1-23(22-43)25(3)42(7)34(48)15-17-52-31(36(50)51)18-24(2)37-19-28-11-13-29(14-12-28)35(49)41(6)16-9-8-10-30(26(4)44)40-33(47)21-39-32(46)20-38-27(5)45/h25,28-31,37H,2,8-21H2,1,3-7H3,(H,38,45)(H,39,46)(H,40,47)(H,50,51)/t25-,28?,29?,30?,31?/m0/s1. The highest BCUT2D eigenvalue weighted by molar-refractivity contribution is 8.00. The number of rotatable bonds is 24. The van der Waals surface area contributed by atoms with Crippen molar-refractivity contribution >= 4 is 59.0 Å². The smallest absolute Gasteiger partial charge is 0.317 e. The van der Waals surface area contributed by atoms with Crippen LogP contribution in [0.4, 0.5) is 0 Å². The van der Waals surface area contributed by atoms with Crippen LogP contribution < -0.4 is 21.3 Å². The molecule has 52 heavy (non-hydrogen) atoms. The zero-order chi connectivity index (χ0) is 39.4. The molecule has 1 fully saturated rings. The highest BCUT2D eigenvalue weighted by Crippen LogP contribution is 2.30. The quantitative estimate of drug-likeness (QED) is 0.0704. The summed E-state index contributed by atoms with van der Waals surface area (Å²) in [4.78, 5) is 98.4. The average Bonchev–Trinajstić information content (AvgIpc) is 3.11. The van der Waals surface area contributed by atoms with Crippen LogP contribution in [0.3, 0.4) is 0 Å². The third-order valence-electron chi connectivity index (χ3n) is 9.32. The zero-order valence-corrected chi connectivity index (χ0v) is 32.3. The second-order valence-corrected chi connectivity index (χ2v) is 14.8. The highest BCUT2D eigenvalue weighted by Gasteiger charge is 2.29. The normalized spacial score (nSPS) is 16.9. The molecule has 0 heterocycles. The van der Waals surface area contributed by atoms with Crippen molar-refractivity contribution in [3.63, 3.8) is 0 Å². The fourth-order valence-electron chi connectivity index (χ4n) is 5.66. The third-order valence-corrected chi connectivity index (χ3v) is 10.5. The van der Waals surface area contributed by atoms with E-state index in [0.717, 1.165) is 25.7 Å². The summed E-state index contributed by atoms with van der Waals surface area (Å²) in [5.74, 6) is -0.304. The summed E-state index contributed by atoms with van der Waals surface area (Å²) in [6.07, 6.45) is 5.21. The van der Waals surface area contributed by atoms with Gasteiger partial charge in [-0.05, 0) is 71.6 Å². The van der Waals surface area contributed by atoms with Crippen molar-refractivity contribution in [2.24, 2.45) is 11.8 Å². The third kappa shape index (κ3) is 17.9. The minimum Gasteiger partial charge on any atom is -0.480 e. The van der Waals surface area contributed by atoms with Gasteiger partial charge in [-0.25, -0.2) is 4.79 Å². The van der Waals surface area contributed by atoms with Gasteiger partial charge < -0.3 is 36.2 Å². The fraction of sp³-hybridized carbons (Fsp3) is 0.694. The molecular formula is C36H58N6O9S.